The first-order valence-electron chi connectivity index (χ1n) is 9.26. The van der Waals surface area contributed by atoms with Gasteiger partial charge in [-0.15, -0.1) is 0 Å². The molecular weight excluding hydrogens is 302 g/mol. The minimum atomic E-state index is -0.179. The molecule has 132 valence electrons. The second-order valence-electron chi connectivity index (χ2n) is 7.70. The van der Waals surface area contributed by atoms with Crippen LogP contribution in [0, 0.1) is 12.3 Å². The first-order chi connectivity index (χ1) is 11.5. The van der Waals surface area contributed by atoms with E-state index >= 15 is 0 Å². The van der Waals surface area contributed by atoms with Crippen LogP contribution in [0.25, 0.3) is 0 Å². The summed E-state index contributed by atoms with van der Waals surface area (Å²) in [5, 5.41) is 9.60. The lowest BCUT2D eigenvalue weighted by molar-refractivity contribution is -0.144. The maximum atomic E-state index is 13.1. The highest BCUT2D eigenvalue weighted by atomic mass is 16.3. The van der Waals surface area contributed by atoms with Crippen LogP contribution in [-0.2, 0) is 11.4 Å². The molecule has 1 N–H and O–H groups in total. The molecule has 2 fully saturated rings. The van der Waals surface area contributed by atoms with Gasteiger partial charge in [-0.2, -0.15) is 0 Å². The number of rotatable bonds is 3. The molecule has 0 spiro atoms. The van der Waals surface area contributed by atoms with E-state index in [0.29, 0.717) is 5.91 Å². The van der Waals surface area contributed by atoms with Crippen molar-refractivity contribution in [2.24, 2.45) is 5.41 Å². The molecule has 0 radical (unpaired) electrons. The Kier molecular flexibility index (Phi) is 5.18. The minimum absolute atomic E-state index is 0.0439. The van der Waals surface area contributed by atoms with E-state index < -0.39 is 0 Å². The molecule has 1 amide bonds. The number of aliphatic hydroxyl groups is 1. The monoisotopic (exact) mass is 331 g/mol. The SMILES string of the molecule is Cc1ncc(CO)c(C2CCCN(C(=O)C3(C)CCCCC3)C2)n1. The molecule has 1 aliphatic heterocycles. The molecule has 3 rings (SSSR count). The van der Waals surface area contributed by atoms with Gasteiger partial charge in [-0.05, 0) is 32.6 Å². The molecular formula is C19H29N3O2. The summed E-state index contributed by atoms with van der Waals surface area (Å²) in [4.78, 5) is 23.9. The van der Waals surface area contributed by atoms with Crippen LogP contribution < -0.4 is 0 Å². The van der Waals surface area contributed by atoms with Crippen molar-refractivity contribution >= 4 is 5.91 Å². The van der Waals surface area contributed by atoms with Gasteiger partial charge in [0.1, 0.15) is 5.82 Å². The van der Waals surface area contributed by atoms with Gasteiger partial charge in [-0.1, -0.05) is 26.2 Å². The van der Waals surface area contributed by atoms with Crippen molar-refractivity contribution in [2.75, 3.05) is 13.1 Å². The second kappa shape index (κ2) is 7.18. The summed E-state index contributed by atoms with van der Waals surface area (Å²) in [6.45, 7) is 5.55. The Morgan fingerprint density at radius 3 is 2.79 bits per heavy atom. The van der Waals surface area contributed by atoms with E-state index in [4.69, 9.17) is 0 Å². The molecule has 2 heterocycles. The lowest BCUT2D eigenvalue weighted by Crippen LogP contribution is -2.47. The van der Waals surface area contributed by atoms with Crippen LogP contribution >= 0.6 is 0 Å². The summed E-state index contributed by atoms with van der Waals surface area (Å²) in [6.07, 6.45) is 9.36. The molecule has 1 aromatic heterocycles. The lowest BCUT2D eigenvalue weighted by Gasteiger charge is -2.40. The number of likely N-dealkylation sites (tertiary alicyclic amines) is 1. The highest BCUT2D eigenvalue weighted by molar-refractivity contribution is 5.82. The average Bonchev–Trinajstić information content (AvgIpc) is 2.62. The summed E-state index contributed by atoms with van der Waals surface area (Å²) in [5.41, 5.74) is 1.54. The van der Waals surface area contributed by atoms with Crippen LogP contribution in [0.2, 0.25) is 0 Å². The van der Waals surface area contributed by atoms with E-state index in [0.717, 1.165) is 55.9 Å². The minimum Gasteiger partial charge on any atom is -0.392 e. The van der Waals surface area contributed by atoms with Crippen molar-refractivity contribution < 1.29 is 9.90 Å². The first kappa shape index (κ1) is 17.3. The van der Waals surface area contributed by atoms with Crippen LogP contribution in [0.15, 0.2) is 6.20 Å². The molecule has 1 atom stereocenters. The highest BCUT2D eigenvalue weighted by Crippen LogP contribution is 2.39. The molecule has 1 unspecified atom stereocenters. The molecule has 24 heavy (non-hydrogen) atoms. The number of amides is 1. The summed E-state index contributed by atoms with van der Waals surface area (Å²) in [6, 6.07) is 0. The Bertz CT molecular complexity index is 596. The number of piperidine rings is 1. The third-order valence-electron chi connectivity index (χ3n) is 5.76. The molecule has 1 saturated heterocycles. The number of aryl methyl sites for hydroxylation is 1. The van der Waals surface area contributed by atoms with Crippen LogP contribution in [0.1, 0.15) is 74.9 Å². The number of nitrogens with zero attached hydrogens (tertiary/aromatic N) is 3. The molecule has 2 aliphatic rings. The fraction of sp³-hybridized carbons (Fsp3) is 0.737. The number of aromatic nitrogens is 2. The maximum Gasteiger partial charge on any atom is 0.228 e. The van der Waals surface area contributed by atoms with E-state index in [1.165, 1.54) is 19.3 Å². The fourth-order valence-electron chi connectivity index (χ4n) is 4.30. The zero-order valence-corrected chi connectivity index (χ0v) is 14.9. The van der Waals surface area contributed by atoms with Crippen LogP contribution in [-0.4, -0.2) is 39.0 Å². The van der Waals surface area contributed by atoms with Gasteiger partial charge in [0.25, 0.3) is 0 Å². The Morgan fingerprint density at radius 2 is 2.08 bits per heavy atom. The van der Waals surface area contributed by atoms with E-state index in [9.17, 15) is 9.90 Å². The van der Waals surface area contributed by atoms with E-state index in [2.05, 4.69) is 21.8 Å². The average molecular weight is 331 g/mol. The van der Waals surface area contributed by atoms with Crippen LogP contribution in [0.3, 0.4) is 0 Å². The molecule has 0 bridgehead atoms. The number of carbonyl (C=O) groups is 1. The van der Waals surface area contributed by atoms with Gasteiger partial charge in [-0.3, -0.25) is 4.79 Å². The molecule has 5 heteroatoms. The maximum absolute atomic E-state index is 13.1. The topological polar surface area (TPSA) is 66.3 Å². The lowest BCUT2D eigenvalue weighted by atomic mass is 9.74. The smallest absolute Gasteiger partial charge is 0.228 e. The fourth-order valence-corrected chi connectivity index (χ4v) is 4.30. The van der Waals surface area contributed by atoms with Crippen molar-refractivity contribution in [2.45, 2.75) is 71.3 Å². The Labute approximate surface area is 144 Å². The largest absolute Gasteiger partial charge is 0.392 e. The molecule has 1 saturated carbocycles. The quantitative estimate of drug-likeness (QED) is 0.925. The van der Waals surface area contributed by atoms with Gasteiger partial charge in [0.2, 0.25) is 5.91 Å². The van der Waals surface area contributed by atoms with Gasteiger partial charge in [0, 0.05) is 36.2 Å². The van der Waals surface area contributed by atoms with Gasteiger partial charge < -0.3 is 10.0 Å². The van der Waals surface area contributed by atoms with Gasteiger partial charge in [-0.25, -0.2) is 9.97 Å². The highest BCUT2D eigenvalue weighted by Gasteiger charge is 2.39. The van der Waals surface area contributed by atoms with Crippen molar-refractivity contribution in [3.63, 3.8) is 0 Å². The third-order valence-corrected chi connectivity index (χ3v) is 5.76. The summed E-state index contributed by atoms with van der Waals surface area (Å²) in [7, 11) is 0. The third kappa shape index (κ3) is 3.46. The predicted molar refractivity (Wildman–Crippen MR) is 92.4 cm³/mol. The zero-order chi connectivity index (χ0) is 17.2. The van der Waals surface area contributed by atoms with Crippen molar-refractivity contribution in [1.82, 2.24) is 14.9 Å². The standard InChI is InChI=1S/C19H29N3O2/c1-14-20-11-16(13-23)17(21-14)15-7-6-10-22(12-15)18(24)19(2)8-4-3-5-9-19/h11,15,23H,3-10,12-13H2,1-2H3. The van der Waals surface area contributed by atoms with E-state index in [1.807, 2.05) is 6.92 Å². The Morgan fingerprint density at radius 1 is 1.33 bits per heavy atom. The summed E-state index contributed by atoms with van der Waals surface area (Å²) in [5.74, 6) is 1.26. The first-order valence-corrected chi connectivity index (χ1v) is 9.26. The van der Waals surface area contributed by atoms with E-state index in [1.54, 1.807) is 6.20 Å². The second-order valence-corrected chi connectivity index (χ2v) is 7.70. The normalized spacial score (nSPS) is 24.0. The Hall–Kier alpha value is -1.49. The summed E-state index contributed by atoms with van der Waals surface area (Å²) < 4.78 is 0. The molecule has 1 aromatic rings. The van der Waals surface area contributed by atoms with E-state index in [-0.39, 0.29) is 17.9 Å². The van der Waals surface area contributed by atoms with Crippen LogP contribution in [0.5, 0.6) is 0 Å². The summed E-state index contributed by atoms with van der Waals surface area (Å²) >= 11 is 0. The molecule has 0 aromatic carbocycles. The van der Waals surface area contributed by atoms with Gasteiger partial charge >= 0.3 is 0 Å². The molecule has 1 aliphatic carbocycles. The van der Waals surface area contributed by atoms with Crippen LogP contribution in [0.4, 0.5) is 0 Å². The van der Waals surface area contributed by atoms with Gasteiger partial charge in [0.05, 0.1) is 12.3 Å². The number of hydrogen-bond acceptors (Lipinski definition) is 4. The van der Waals surface area contributed by atoms with Gasteiger partial charge in [0.15, 0.2) is 0 Å². The van der Waals surface area contributed by atoms with Crippen molar-refractivity contribution in [3.05, 3.63) is 23.3 Å². The molecule has 5 nitrogen and oxygen atoms in total. The predicted octanol–water partition coefficient (Wildman–Crippen LogP) is 2.95. The number of hydrogen-bond donors (Lipinski definition) is 1. The number of aliphatic hydroxyl groups excluding tert-OH is 1. The Balaban J connectivity index is 1.77. The zero-order valence-electron chi connectivity index (χ0n) is 14.9. The van der Waals surface area contributed by atoms with Crippen molar-refractivity contribution in [3.8, 4) is 0 Å². The number of carbonyl (C=O) groups excluding carboxylic acids is 1. The van der Waals surface area contributed by atoms with Crippen molar-refractivity contribution in [1.29, 1.82) is 0 Å².